The standard InChI is InChI=1S/C28H32N6O/c1-18-14-24(19-8-9-19)25(27-30-26(31-32-27)17-33(2)3)15-23(18)28(35)34-12-10-20(11-13-34)22-7-5-4-6-21(22)16-29/h4-7,14-15,19-20H,8-13,17H2,1-3H3,(H,30,31,32). The van der Waals surface area contributed by atoms with Crippen molar-refractivity contribution in [2.45, 2.75) is 51.0 Å². The third-order valence-electron chi connectivity index (χ3n) is 7.20. The van der Waals surface area contributed by atoms with Crippen molar-refractivity contribution in [3.05, 3.63) is 70.0 Å². The average molecular weight is 469 g/mol. The number of nitriles is 1. The maximum Gasteiger partial charge on any atom is 0.254 e. The first kappa shape index (κ1) is 23.3. The first-order valence-corrected chi connectivity index (χ1v) is 12.4. The van der Waals surface area contributed by atoms with Crippen molar-refractivity contribution in [2.75, 3.05) is 27.2 Å². The molecule has 2 aromatic carbocycles. The summed E-state index contributed by atoms with van der Waals surface area (Å²) in [6.07, 6.45) is 4.09. The Kier molecular flexibility index (Phi) is 6.40. The molecule has 1 aliphatic heterocycles. The second kappa shape index (κ2) is 9.63. The number of nitrogens with zero attached hydrogens (tertiary/aromatic N) is 5. The average Bonchev–Trinajstić information content (AvgIpc) is 3.62. The maximum atomic E-state index is 13.6. The van der Waals surface area contributed by atoms with Crippen LogP contribution in [0.25, 0.3) is 11.4 Å². The van der Waals surface area contributed by atoms with Crippen LogP contribution in [0.5, 0.6) is 0 Å². The summed E-state index contributed by atoms with van der Waals surface area (Å²) in [7, 11) is 4.01. The minimum atomic E-state index is 0.0751. The Morgan fingerprint density at radius 1 is 1.09 bits per heavy atom. The summed E-state index contributed by atoms with van der Waals surface area (Å²) in [5, 5.41) is 18.2. The SMILES string of the molecule is Cc1cc(C2CC2)c(-c2nnc(CN(C)C)[nH]2)cc1C(=O)N1CCC(c2ccccc2C#N)CC1. The van der Waals surface area contributed by atoms with E-state index in [-0.39, 0.29) is 5.91 Å². The molecular weight excluding hydrogens is 436 g/mol. The lowest BCUT2D eigenvalue weighted by molar-refractivity contribution is 0.0712. The first-order valence-electron chi connectivity index (χ1n) is 12.4. The number of amides is 1. The largest absolute Gasteiger partial charge is 0.339 e. The number of aromatic nitrogens is 3. The van der Waals surface area contributed by atoms with Gasteiger partial charge in [0, 0.05) is 24.2 Å². The van der Waals surface area contributed by atoms with Crippen molar-refractivity contribution < 1.29 is 4.79 Å². The van der Waals surface area contributed by atoms with E-state index in [0.717, 1.165) is 52.3 Å². The molecular formula is C28H32N6O. The molecule has 0 bridgehead atoms. The van der Waals surface area contributed by atoms with Gasteiger partial charge in [0.25, 0.3) is 5.91 Å². The number of hydrogen-bond donors (Lipinski definition) is 1. The molecule has 7 nitrogen and oxygen atoms in total. The Morgan fingerprint density at radius 2 is 1.80 bits per heavy atom. The van der Waals surface area contributed by atoms with Gasteiger partial charge in [-0.3, -0.25) is 4.79 Å². The highest BCUT2D eigenvalue weighted by Gasteiger charge is 2.31. The smallest absolute Gasteiger partial charge is 0.254 e. The normalized spacial score (nSPS) is 16.5. The monoisotopic (exact) mass is 468 g/mol. The topological polar surface area (TPSA) is 88.9 Å². The molecule has 180 valence electrons. The summed E-state index contributed by atoms with van der Waals surface area (Å²) in [6.45, 7) is 4.11. The summed E-state index contributed by atoms with van der Waals surface area (Å²) in [4.78, 5) is 21.0. The van der Waals surface area contributed by atoms with E-state index in [2.05, 4.69) is 38.3 Å². The van der Waals surface area contributed by atoms with E-state index in [9.17, 15) is 10.1 Å². The molecule has 2 heterocycles. The van der Waals surface area contributed by atoms with Gasteiger partial charge < -0.3 is 14.8 Å². The minimum absolute atomic E-state index is 0.0751. The lowest BCUT2D eigenvalue weighted by Crippen LogP contribution is -2.38. The highest BCUT2D eigenvalue weighted by atomic mass is 16.2. The number of piperidine rings is 1. The summed E-state index contributed by atoms with van der Waals surface area (Å²) < 4.78 is 0. The van der Waals surface area contributed by atoms with Gasteiger partial charge in [0.15, 0.2) is 5.82 Å². The summed E-state index contributed by atoms with van der Waals surface area (Å²) in [5.41, 5.74) is 5.87. The number of aromatic amines is 1. The molecule has 5 rings (SSSR count). The van der Waals surface area contributed by atoms with Gasteiger partial charge >= 0.3 is 0 Å². The van der Waals surface area contributed by atoms with E-state index in [1.165, 1.54) is 18.4 Å². The lowest BCUT2D eigenvalue weighted by Gasteiger charge is -2.33. The minimum Gasteiger partial charge on any atom is -0.339 e. The summed E-state index contributed by atoms with van der Waals surface area (Å²) in [6, 6.07) is 14.4. The van der Waals surface area contributed by atoms with E-state index in [1.54, 1.807) is 0 Å². The first-order chi connectivity index (χ1) is 16.9. The van der Waals surface area contributed by atoms with Crippen LogP contribution in [0.15, 0.2) is 36.4 Å². The molecule has 35 heavy (non-hydrogen) atoms. The highest BCUT2D eigenvalue weighted by molar-refractivity contribution is 5.97. The van der Waals surface area contributed by atoms with Crippen LogP contribution in [0.2, 0.25) is 0 Å². The van der Waals surface area contributed by atoms with Crippen LogP contribution in [-0.4, -0.2) is 58.1 Å². The van der Waals surface area contributed by atoms with Crippen molar-refractivity contribution in [1.29, 1.82) is 5.26 Å². The predicted molar refractivity (Wildman–Crippen MR) is 135 cm³/mol. The third-order valence-corrected chi connectivity index (χ3v) is 7.20. The van der Waals surface area contributed by atoms with E-state index in [0.29, 0.717) is 31.5 Å². The van der Waals surface area contributed by atoms with Crippen molar-refractivity contribution in [3.8, 4) is 17.5 Å². The molecule has 0 unspecified atom stereocenters. The van der Waals surface area contributed by atoms with E-state index in [1.807, 2.05) is 50.2 Å². The molecule has 1 saturated carbocycles. The fourth-order valence-electron chi connectivity index (χ4n) is 5.21. The van der Waals surface area contributed by atoms with Crippen LogP contribution in [0.3, 0.4) is 0 Å². The van der Waals surface area contributed by atoms with Gasteiger partial charge in [0.05, 0.1) is 18.2 Å². The van der Waals surface area contributed by atoms with Crippen molar-refractivity contribution in [1.82, 2.24) is 25.0 Å². The van der Waals surface area contributed by atoms with E-state index < -0.39 is 0 Å². The number of benzene rings is 2. The fraction of sp³-hybridized carbons (Fsp3) is 0.429. The molecule has 1 N–H and O–H groups in total. The summed E-state index contributed by atoms with van der Waals surface area (Å²) in [5.74, 6) is 2.48. The zero-order chi connectivity index (χ0) is 24.5. The van der Waals surface area contributed by atoms with E-state index in [4.69, 9.17) is 0 Å². The third kappa shape index (κ3) is 4.85. The van der Waals surface area contributed by atoms with Crippen molar-refractivity contribution in [2.24, 2.45) is 0 Å². The molecule has 0 atom stereocenters. The Hall–Kier alpha value is -3.50. The Labute approximate surface area is 206 Å². The second-order valence-corrected chi connectivity index (χ2v) is 10.2. The predicted octanol–water partition coefficient (Wildman–Crippen LogP) is 4.61. The molecule has 0 spiro atoms. The maximum absolute atomic E-state index is 13.6. The van der Waals surface area contributed by atoms with Crippen molar-refractivity contribution >= 4 is 5.91 Å². The molecule has 2 fully saturated rings. The molecule has 0 radical (unpaired) electrons. The number of carbonyl (C=O) groups is 1. The molecule has 3 aromatic rings. The van der Waals surface area contributed by atoms with Crippen molar-refractivity contribution in [3.63, 3.8) is 0 Å². The lowest BCUT2D eigenvalue weighted by atomic mass is 9.86. The number of rotatable bonds is 6. The van der Waals surface area contributed by atoms with Gasteiger partial charge in [-0.05, 0) is 87.4 Å². The van der Waals surface area contributed by atoms with Gasteiger partial charge in [0.1, 0.15) is 5.82 Å². The number of nitrogens with one attached hydrogen (secondary N) is 1. The number of carbonyl (C=O) groups excluding carboxylic acids is 1. The number of H-pyrrole nitrogens is 1. The highest BCUT2D eigenvalue weighted by Crippen LogP contribution is 2.45. The molecule has 1 amide bonds. The number of hydrogen-bond acceptors (Lipinski definition) is 5. The Morgan fingerprint density at radius 3 is 2.49 bits per heavy atom. The van der Waals surface area contributed by atoms with Gasteiger partial charge in [0.2, 0.25) is 0 Å². The van der Waals surface area contributed by atoms with Crippen LogP contribution < -0.4 is 0 Å². The Bertz CT molecular complexity index is 1270. The Balaban J connectivity index is 1.38. The van der Waals surface area contributed by atoms with Gasteiger partial charge in [-0.25, -0.2) is 0 Å². The van der Waals surface area contributed by atoms with Gasteiger partial charge in [-0.1, -0.05) is 24.3 Å². The summed E-state index contributed by atoms with van der Waals surface area (Å²) >= 11 is 0. The second-order valence-electron chi connectivity index (χ2n) is 10.2. The van der Waals surface area contributed by atoms with Crippen LogP contribution in [-0.2, 0) is 6.54 Å². The van der Waals surface area contributed by atoms with Crippen LogP contribution in [0.4, 0.5) is 0 Å². The van der Waals surface area contributed by atoms with Gasteiger partial charge in [-0.15, -0.1) is 10.2 Å². The number of likely N-dealkylation sites (tertiary alicyclic amines) is 1. The zero-order valence-electron chi connectivity index (χ0n) is 20.7. The zero-order valence-corrected chi connectivity index (χ0v) is 20.7. The number of aryl methyl sites for hydroxylation is 1. The van der Waals surface area contributed by atoms with Crippen LogP contribution in [0.1, 0.15) is 76.0 Å². The molecule has 1 aromatic heterocycles. The van der Waals surface area contributed by atoms with Crippen LogP contribution in [0, 0.1) is 18.3 Å². The molecule has 2 aliphatic rings. The quantitative estimate of drug-likeness (QED) is 0.571. The molecule has 1 aliphatic carbocycles. The fourth-order valence-corrected chi connectivity index (χ4v) is 5.21. The molecule has 7 heteroatoms. The molecule has 1 saturated heterocycles. The van der Waals surface area contributed by atoms with E-state index >= 15 is 0 Å². The van der Waals surface area contributed by atoms with Gasteiger partial charge in [-0.2, -0.15) is 5.26 Å². The van der Waals surface area contributed by atoms with Crippen LogP contribution >= 0.6 is 0 Å².